The van der Waals surface area contributed by atoms with E-state index < -0.39 is 0 Å². The van der Waals surface area contributed by atoms with Crippen molar-refractivity contribution in [2.75, 3.05) is 6.54 Å². The van der Waals surface area contributed by atoms with Crippen LogP contribution < -0.4 is 0 Å². The maximum absolute atomic E-state index is 9.86. The molecule has 0 spiro atoms. The van der Waals surface area contributed by atoms with Gasteiger partial charge in [0.15, 0.2) is 0 Å². The average Bonchev–Trinajstić information content (AvgIpc) is 2.86. The third-order valence-electron chi connectivity index (χ3n) is 3.13. The van der Waals surface area contributed by atoms with Gasteiger partial charge in [-0.2, -0.15) is 0 Å². The smallest absolute Gasteiger partial charge is 0.107 e. The molecule has 2 heteroatoms. The molecule has 1 aliphatic rings. The van der Waals surface area contributed by atoms with Crippen LogP contribution in [0.25, 0.3) is 0 Å². The lowest BCUT2D eigenvalue weighted by Gasteiger charge is -2.26. The van der Waals surface area contributed by atoms with Gasteiger partial charge in [0, 0.05) is 6.04 Å². The van der Waals surface area contributed by atoms with Gasteiger partial charge in [-0.25, -0.2) is 0 Å². The van der Waals surface area contributed by atoms with Crippen molar-refractivity contribution in [3.63, 3.8) is 0 Å². The van der Waals surface area contributed by atoms with Crippen LogP contribution in [0.15, 0.2) is 0 Å². The van der Waals surface area contributed by atoms with Gasteiger partial charge in [-0.1, -0.05) is 33.6 Å². The van der Waals surface area contributed by atoms with Gasteiger partial charge in [0.25, 0.3) is 0 Å². The highest BCUT2D eigenvalue weighted by atomic mass is 16.3. The molecule has 3 unspecified atom stereocenters. The van der Waals surface area contributed by atoms with Crippen molar-refractivity contribution >= 4 is 0 Å². The highest BCUT2D eigenvalue weighted by Crippen LogP contribution is 2.39. The minimum absolute atomic E-state index is 0.198. The van der Waals surface area contributed by atoms with E-state index in [1.165, 1.54) is 12.8 Å². The zero-order valence-corrected chi connectivity index (χ0v) is 9.16. The summed E-state index contributed by atoms with van der Waals surface area (Å²) in [6.45, 7) is 7.50. The topological polar surface area (TPSA) is 23.5 Å². The fourth-order valence-electron chi connectivity index (χ4n) is 2.17. The van der Waals surface area contributed by atoms with Crippen LogP contribution in [0.5, 0.6) is 0 Å². The third kappa shape index (κ3) is 2.68. The van der Waals surface area contributed by atoms with Gasteiger partial charge in [-0.15, -0.1) is 0 Å². The Balaban J connectivity index is 2.35. The molecule has 78 valence electrons. The van der Waals surface area contributed by atoms with Gasteiger partial charge in [-0.05, 0) is 25.3 Å². The summed E-state index contributed by atoms with van der Waals surface area (Å²) in [5.74, 6) is 0.853. The molecule has 0 aromatic rings. The number of aliphatic hydroxyl groups excluding tert-OH is 1. The first kappa shape index (κ1) is 11.0. The fourth-order valence-corrected chi connectivity index (χ4v) is 2.17. The number of aliphatic hydroxyl groups is 1. The third-order valence-corrected chi connectivity index (χ3v) is 3.13. The first-order chi connectivity index (χ1) is 6.24. The normalized spacial score (nSPS) is 29.3. The van der Waals surface area contributed by atoms with Crippen molar-refractivity contribution in [2.24, 2.45) is 5.92 Å². The van der Waals surface area contributed by atoms with Crippen molar-refractivity contribution < 1.29 is 5.11 Å². The number of nitrogens with zero attached hydrogens (tertiary/aromatic N) is 1. The van der Waals surface area contributed by atoms with E-state index in [-0.39, 0.29) is 6.23 Å². The van der Waals surface area contributed by atoms with Gasteiger partial charge in [0.05, 0.1) is 0 Å². The summed E-state index contributed by atoms with van der Waals surface area (Å²) >= 11 is 0. The molecule has 0 amide bonds. The first-order valence-electron chi connectivity index (χ1n) is 5.68. The van der Waals surface area contributed by atoms with Crippen LogP contribution in [0.2, 0.25) is 0 Å². The van der Waals surface area contributed by atoms with Crippen LogP contribution in [0.4, 0.5) is 0 Å². The van der Waals surface area contributed by atoms with E-state index in [0.717, 1.165) is 25.3 Å². The maximum atomic E-state index is 9.86. The van der Waals surface area contributed by atoms with Crippen LogP contribution >= 0.6 is 0 Å². The molecule has 0 heterocycles. The SMILES string of the molecule is CCCC(O)N(CC)C1CC1CC. The summed E-state index contributed by atoms with van der Waals surface area (Å²) in [6, 6.07) is 0.677. The standard InChI is InChI=1S/C11H23NO/c1-4-7-11(13)12(6-3)10-8-9(10)5-2/h9-11,13H,4-8H2,1-3H3. The van der Waals surface area contributed by atoms with Crippen molar-refractivity contribution in [1.82, 2.24) is 4.90 Å². The van der Waals surface area contributed by atoms with Crippen LogP contribution in [0.1, 0.15) is 46.5 Å². The molecule has 13 heavy (non-hydrogen) atoms. The Morgan fingerprint density at radius 2 is 2.08 bits per heavy atom. The maximum Gasteiger partial charge on any atom is 0.107 e. The van der Waals surface area contributed by atoms with E-state index >= 15 is 0 Å². The Morgan fingerprint density at radius 3 is 2.46 bits per heavy atom. The molecule has 1 aliphatic carbocycles. The monoisotopic (exact) mass is 185 g/mol. The fraction of sp³-hybridized carbons (Fsp3) is 1.00. The van der Waals surface area contributed by atoms with Gasteiger partial charge in [-0.3, -0.25) is 4.90 Å². The number of rotatable bonds is 6. The molecule has 1 saturated carbocycles. The minimum Gasteiger partial charge on any atom is -0.378 e. The van der Waals surface area contributed by atoms with Crippen LogP contribution in [-0.2, 0) is 0 Å². The lowest BCUT2D eigenvalue weighted by molar-refractivity contribution is -0.00840. The molecule has 0 aromatic heterocycles. The summed E-state index contributed by atoms with van der Waals surface area (Å²) in [5.41, 5.74) is 0. The molecule has 0 bridgehead atoms. The summed E-state index contributed by atoms with van der Waals surface area (Å²) < 4.78 is 0. The Labute approximate surface area is 81.9 Å². The molecule has 1 N–H and O–H groups in total. The van der Waals surface area contributed by atoms with Gasteiger partial charge in [0.1, 0.15) is 6.23 Å². The highest BCUT2D eigenvalue weighted by Gasteiger charge is 2.41. The lowest BCUT2D eigenvalue weighted by atomic mass is 10.2. The molecule has 2 nitrogen and oxygen atoms in total. The molecule has 1 fully saturated rings. The first-order valence-corrected chi connectivity index (χ1v) is 5.68. The van der Waals surface area contributed by atoms with E-state index in [4.69, 9.17) is 0 Å². The Bertz CT molecular complexity index is 147. The number of hydrogen-bond donors (Lipinski definition) is 1. The van der Waals surface area contributed by atoms with Gasteiger partial charge in [0.2, 0.25) is 0 Å². The van der Waals surface area contributed by atoms with Crippen molar-refractivity contribution in [3.05, 3.63) is 0 Å². The highest BCUT2D eigenvalue weighted by molar-refractivity contribution is 4.94. The molecular weight excluding hydrogens is 162 g/mol. The lowest BCUT2D eigenvalue weighted by Crippen LogP contribution is -2.37. The van der Waals surface area contributed by atoms with Crippen molar-refractivity contribution in [1.29, 1.82) is 0 Å². The van der Waals surface area contributed by atoms with Crippen molar-refractivity contribution in [3.8, 4) is 0 Å². The largest absolute Gasteiger partial charge is 0.378 e. The van der Waals surface area contributed by atoms with Crippen LogP contribution in [0.3, 0.4) is 0 Å². The second kappa shape index (κ2) is 4.97. The molecule has 0 aromatic carbocycles. The van der Waals surface area contributed by atoms with Crippen molar-refractivity contribution in [2.45, 2.75) is 58.7 Å². The number of hydrogen-bond acceptors (Lipinski definition) is 2. The Kier molecular flexibility index (Phi) is 4.20. The second-order valence-corrected chi connectivity index (χ2v) is 4.07. The Morgan fingerprint density at radius 1 is 1.38 bits per heavy atom. The summed E-state index contributed by atoms with van der Waals surface area (Å²) in [4.78, 5) is 2.26. The summed E-state index contributed by atoms with van der Waals surface area (Å²) in [6.07, 6.45) is 4.35. The molecular formula is C11H23NO. The van der Waals surface area contributed by atoms with E-state index in [0.29, 0.717) is 6.04 Å². The molecule has 0 aliphatic heterocycles. The molecule has 1 rings (SSSR count). The average molecular weight is 185 g/mol. The summed E-state index contributed by atoms with van der Waals surface area (Å²) in [7, 11) is 0. The zero-order chi connectivity index (χ0) is 9.84. The minimum atomic E-state index is -0.198. The molecule has 3 atom stereocenters. The van der Waals surface area contributed by atoms with Gasteiger partial charge >= 0.3 is 0 Å². The molecule has 0 saturated heterocycles. The second-order valence-electron chi connectivity index (χ2n) is 4.07. The van der Waals surface area contributed by atoms with E-state index in [1.807, 2.05) is 0 Å². The van der Waals surface area contributed by atoms with Gasteiger partial charge < -0.3 is 5.11 Å². The summed E-state index contributed by atoms with van der Waals surface area (Å²) in [5, 5.41) is 9.86. The quantitative estimate of drug-likeness (QED) is 0.641. The van der Waals surface area contributed by atoms with Crippen LogP contribution in [-0.4, -0.2) is 28.8 Å². The van der Waals surface area contributed by atoms with E-state index in [9.17, 15) is 5.11 Å². The van der Waals surface area contributed by atoms with Crippen LogP contribution in [0, 0.1) is 5.92 Å². The Hall–Kier alpha value is -0.0800. The predicted octanol–water partition coefficient (Wildman–Crippen LogP) is 2.23. The van der Waals surface area contributed by atoms with E-state index in [2.05, 4.69) is 25.7 Å². The predicted molar refractivity (Wildman–Crippen MR) is 55.5 cm³/mol. The molecule has 0 radical (unpaired) electrons. The zero-order valence-electron chi connectivity index (χ0n) is 9.16. The van der Waals surface area contributed by atoms with E-state index in [1.54, 1.807) is 0 Å².